The molecule has 2 fully saturated rings. The maximum absolute atomic E-state index is 14.6. The van der Waals surface area contributed by atoms with Gasteiger partial charge in [0, 0.05) is 35.8 Å². The number of halogens is 2. The fourth-order valence-corrected chi connectivity index (χ4v) is 4.12. The minimum atomic E-state index is -1.07. The molecule has 176 valence electrons. The van der Waals surface area contributed by atoms with Crippen LogP contribution in [0, 0.1) is 11.0 Å². The number of aliphatic hydroxyl groups excluding tert-OH is 1. The number of nitrogens with one attached hydrogen (secondary N) is 2. The molecule has 0 radical (unpaired) electrons. The van der Waals surface area contributed by atoms with Gasteiger partial charge in [0.1, 0.15) is 5.82 Å². The molecular formula is C22H24ClFN5O4-. The maximum atomic E-state index is 14.6. The van der Waals surface area contributed by atoms with Gasteiger partial charge in [-0.25, -0.2) is 9.18 Å². The average molecular weight is 477 g/mol. The third-order valence-electron chi connectivity index (χ3n) is 5.72. The van der Waals surface area contributed by atoms with E-state index in [4.69, 9.17) is 11.6 Å². The van der Waals surface area contributed by atoms with Crippen molar-refractivity contribution < 1.29 is 19.1 Å². The summed E-state index contributed by atoms with van der Waals surface area (Å²) in [6.45, 7) is 1.23. The number of carbonyl (C=O) groups is 2. The van der Waals surface area contributed by atoms with E-state index in [0.717, 1.165) is 18.9 Å². The number of likely N-dealkylation sites (tertiary alicyclic amines) is 2. The molecule has 11 heteroatoms. The Morgan fingerprint density at radius 2 is 1.85 bits per heavy atom. The summed E-state index contributed by atoms with van der Waals surface area (Å²) in [4.78, 5) is 28.0. The lowest BCUT2D eigenvalue weighted by molar-refractivity contribution is 0.0792. The molecule has 4 rings (SSSR count). The Hall–Kier alpha value is -2.92. The molecule has 2 aromatic rings. The Bertz CT molecular complexity index is 1020. The van der Waals surface area contributed by atoms with Crippen LogP contribution in [0.4, 0.5) is 20.6 Å². The molecule has 0 saturated carbocycles. The number of hydrazine groups is 1. The van der Waals surface area contributed by atoms with Crippen LogP contribution in [-0.2, 0) is 0 Å². The molecule has 2 atom stereocenters. The Kier molecular flexibility index (Phi) is 6.99. The van der Waals surface area contributed by atoms with Gasteiger partial charge in [0.05, 0.1) is 24.5 Å². The van der Waals surface area contributed by atoms with Gasteiger partial charge in [0.15, 0.2) is 0 Å². The highest BCUT2D eigenvalue weighted by molar-refractivity contribution is 6.30. The maximum Gasteiger partial charge on any atom is 0.323 e. The van der Waals surface area contributed by atoms with Crippen LogP contribution in [0.2, 0.25) is 5.02 Å². The van der Waals surface area contributed by atoms with Gasteiger partial charge in [-0.2, -0.15) is 0 Å². The van der Waals surface area contributed by atoms with Gasteiger partial charge in [-0.3, -0.25) is 9.97 Å². The molecule has 0 spiro atoms. The highest BCUT2D eigenvalue weighted by atomic mass is 35.5. The van der Waals surface area contributed by atoms with Crippen LogP contribution in [0.5, 0.6) is 0 Å². The number of benzene rings is 2. The van der Waals surface area contributed by atoms with Crippen molar-refractivity contribution in [2.75, 3.05) is 30.4 Å². The van der Waals surface area contributed by atoms with Crippen molar-refractivity contribution in [1.82, 2.24) is 15.0 Å². The van der Waals surface area contributed by atoms with Crippen LogP contribution in [0.1, 0.15) is 29.6 Å². The van der Waals surface area contributed by atoms with Crippen molar-refractivity contribution in [1.29, 1.82) is 0 Å². The van der Waals surface area contributed by atoms with Gasteiger partial charge in [0.25, 0.3) is 5.91 Å². The summed E-state index contributed by atoms with van der Waals surface area (Å²) >= 11 is 5.84. The van der Waals surface area contributed by atoms with Gasteiger partial charge >= 0.3 is 6.03 Å². The topological polar surface area (TPSA) is 111 Å². The number of amides is 3. The minimum Gasteiger partial charge on any atom is -0.766 e. The quantitative estimate of drug-likeness (QED) is 0.570. The number of anilines is 2. The van der Waals surface area contributed by atoms with E-state index < -0.39 is 24.1 Å². The van der Waals surface area contributed by atoms with E-state index in [1.54, 1.807) is 29.2 Å². The number of urea groups is 1. The lowest BCUT2D eigenvalue weighted by Crippen LogP contribution is -2.48. The second-order valence-corrected chi connectivity index (χ2v) is 8.53. The smallest absolute Gasteiger partial charge is 0.323 e. The fourth-order valence-electron chi connectivity index (χ4n) is 4.00. The molecule has 3 N–H and O–H groups in total. The first-order chi connectivity index (χ1) is 15.8. The highest BCUT2D eigenvalue weighted by Gasteiger charge is 2.35. The normalized spacial score (nSPS) is 20.4. The van der Waals surface area contributed by atoms with Crippen LogP contribution in [0.25, 0.3) is 0 Å². The second-order valence-electron chi connectivity index (χ2n) is 8.09. The van der Waals surface area contributed by atoms with Crippen LogP contribution in [0.15, 0.2) is 42.5 Å². The number of hydrogen-bond donors (Lipinski definition) is 3. The van der Waals surface area contributed by atoms with Crippen molar-refractivity contribution in [3.05, 3.63) is 64.1 Å². The number of β-amino-alcohol motifs (C(OH)–C–C–N with tert-alkyl or cyclic N) is 1. The van der Waals surface area contributed by atoms with Gasteiger partial charge < -0.3 is 30.9 Å². The predicted octanol–water partition coefficient (Wildman–Crippen LogP) is 3.47. The molecule has 2 saturated heterocycles. The standard InChI is InChI=1S/C22H24ClFN5O4/c23-15-4-6-16(7-5-15)25-22(32)28-13-17(30)12-20(28)29(33)26-19-8-3-14(11-18(19)24)21(31)27-9-1-2-10-27/h3-8,11,17,20,26,30H,1-2,9-10,12-13H2,(H,25,32)/q-1/t17-,20+/m1/s1. The summed E-state index contributed by atoms with van der Waals surface area (Å²) in [6, 6.07) is 9.69. The summed E-state index contributed by atoms with van der Waals surface area (Å²) in [5.41, 5.74) is 2.93. The molecule has 9 nitrogen and oxygen atoms in total. The number of rotatable bonds is 5. The van der Waals surface area contributed by atoms with E-state index in [1.165, 1.54) is 17.0 Å². The van der Waals surface area contributed by atoms with Crippen molar-refractivity contribution in [3.8, 4) is 0 Å². The first-order valence-corrected chi connectivity index (χ1v) is 11.0. The first-order valence-electron chi connectivity index (χ1n) is 10.6. The van der Waals surface area contributed by atoms with Gasteiger partial charge in [-0.15, -0.1) is 0 Å². The number of aliphatic hydroxyl groups is 1. The van der Waals surface area contributed by atoms with Crippen LogP contribution < -0.4 is 10.7 Å². The monoisotopic (exact) mass is 476 g/mol. The molecule has 2 aromatic carbocycles. The van der Waals surface area contributed by atoms with Crippen LogP contribution in [0.3, 0.4) is 0 Å². The van der Waals surface area contributed by atoms with Crippen LogP contribution in [-0.4, -0.2) is 63.9 Å². The van der Waals surface area contributed by atoms with E-state index in [1.807, 2.05) is 0 Å². The summed E-state index contributed by atoms with van der Waals surface area (Å²) in [6.07, 6.45) is -0.146. The average Bonchev–Trinajstić information content (AvgIpc) is 3.46. The highest BCUT2D eigenvalue weighted by Crippen LogP contribution is 2.25. The lowest BCUT2D eigenvalue weighted by Gasteiger charge is -2.40. The first kappa shape index (κ1) is 23.2. The number of nitrogens with zero attached hydrogens (tertiary/aromatic N) is 3. The summed E-state index contributed by atoms with van der Waals surface area (Å²) in [5.74, 6) is -1.02. The van der Waals surface area contributed by atoms with E-state index in [9.17, 15) is 24.3 Å². The Balaban J connectivity index is 1.42. The SMILES string of the molecule is O=C(c1ccc(NN([O-])[C@H]2C[C@@H](O)CN2C(=O)Nc2ccc(Cl)cc2)c(F)c1)N1CCCC1. The molecule has 0 aliphatic carbocycles. The summed E-state index contributed by atoms with van der Waals surface area (Å²) in [7, 11) is 0. The molecule has 2 aliphatic heterocycles. The number of carbonyl (C=O) groups excluding carboxylic acids is 2. The molecule has 2 aliphatic rings. The minimum absolute atomic E-state index is 0.0162. The van der Waals surface area contributed by atoms with Crippen molar-refractivity contribution in [2.45, 2.75) is 31.5 Å². The number of hydrogen-bond acceptors (Lipinski definition) is 6. The molecule has 0 aromatic heterocycles. The molecule has 3 amide bonds. The van der Waals surface area contributed by atoms with E-state index in [2.05, 4.69) is 10.7 Å². The van der Waals surface area contributed by atoms with Crippen molar-refractivity contribution >= 4 is 34.9 Å². The fraction of sp³-hybridized carbons (Fsp3) is 0.364. The van der Waals surface area contributed by atoms with E-state index >= 15 is 0 Å². The Morgan fingerprint density at radius 1 is 1.15 bits per heavy atom. The molecule has 0 unspecified atom stereocenters. The Morgan fingerprint density at radius 3 is 2.52 bits per heavy atom. The van der Waals surface area contributed by atoms with E-state index in [-0.39, 0.29) is 30.1 Å². The molecular weight excluding hydrogens is 453 g/mol. The van der Waals surface area contributed by atoms with Crippen LogP contribution >= 0.6 is 11.6 Å². The molecule has 0 bridgehead atoms. The second kappa shape index (κ2) is 9.92. The number of hydroxylamine groups is 1. The van der Waals surface area contributed by atoms with E-state index in [0.29, 0.717) is 29.0 Å². The molecule has 33 heavy (non-hydrogen) atoms. The molecule has 2 heterocycles. The largest absolute Gasteiger partial charge is 0.766 e. The summed E-state index contributed by atoms with van der Waals surface area (Å²) < 4.78 is 14.6. The lowest BCUT2D eigenvalue weighted by atomic mass is 10.1. The van der Waals surface area contributed by atoms with Gasteiger partial charge in [0.2, 0.25) is 0 Å². The predicted molar refractivity (Wildman–Crippen MR) is 122 cm³/mol. The Labute approximate surface area is 195 Å². The van der Waals surface area contributed by atoms with Gasteiger partial charge in [-0.1, -0.05) is 11.6 Å². The third-order valence-corrected chi connectivity index (χ3v) is 5.97. The third kappa shape index (κ3) is 5.36. The van der Waals surface area contributed by atoms with Crippen molar-refractivity contribution in [2.24, 2.45) is 0 Å². The zero-order valence-electron chi connectivity index (χ0n) is 17.7. The van der Waals surface area contributed by atoms with Crippen molar-refractivity contribution in [3.63, 3.8) is 0 Å². The zero-order valence-corrected chi connectivity index (χ0v) is 18.5. The summed E-state index contributed by atoms with van der Waals surface area (Å²) in [5, 5.41) is 26.3. The van der Waals surface area contributed by atoms with Gasteiger partial charge in [-0.05, 0) is 55.3 Å². The zero-order chi connectivity index (χ0) is 23.5.